The number of rotatable bonds is 1. The maximum absolute atomic E-state index is 13.6. The third kappa shape index (κ3) is 3.07. The molecule has 2 aliphatic heterocycles. The first-order chi connectivity index (χ1) is 13.2. The lowest BCUT2D eigenvalue weighted by Gasteiger charge is -2.37. The number of halogens is 2. The van der Waals surface area contributed by atoms with Gasteiger partial charge in [-0.3, -0.25) is 4.79 Å². The summed E-state index contributed by atoms with van der Waals surface area (Å²) in [7, 11) is 1.68. The van der Waals surface area contributed by atoms with E-state index in [1.807, 2.05) is 4.90 Å². The van der Waals surface area contributed by atoms with Gasteiger partial charge in [-0.05, 0) is 80.1 Å². The summed E-state index contributed by atoms with van der Waals surface area (Å²) in [5.74, 6) is 0.926. The molecule has 0 unspecified atom stereocenters. The van der Waals surface area contributed by atoms with Gasteiger partial charge in [0, 0.05) is 29.8 Å². The van der Waals surface area contributed by atoms with E-state index in [-0.39, 0.29) is 11.4 Å². The maximum atomic E-state index is 13.6. The van der Waals surface area contributed by atoms with Crippen molar-refractivity contribution >= 4 is 33.4 Å². The van der Waals surface area contributed by atoms with E-state index in [4.69, 9.17) is 16.3 Å². The van der Waals surface area contributed by atoms with E-state index in [2.05, 4.69) is 53.4 Å². The normalized spacial score (nSPS) is 16.8. The number of hydrogen-bond donors (Lipinski definition) is 0. The maximum Gasteiger partial charge on any atom is 0.271 e. The van der Waals surface area contributed by atoms with Gasteiger partial charge < -0.3 is 14.2 Å². The monoisotopic (exact) mass is 464 g/mol. The molecule has 4 rings (SSSR count). The predicted octanol–water partition coefficient (Wildman–Crippen LogP) is 5.71. The Labute approximate surface area is 179 Å². The summed E-state index contributed by atoms with van der Waals surface area (Å²) in [5.41, 5.74) is 4.85. The minimum absolute atomic E-state index is 0.103. The second-order valence-corrected chi connectivity index (χ2v) is 9.85. The topological polar surface area (TPSA) is 34.5 Å². The van der Waals surface area contributed by atoms with Crippen molar-refractivity contribution in [2.75, 3.05) is 13.7 Å². The van der Waals surface area contributed by atoms with E-state index in [1.54, 1.807) is 7.11 Å². The van der Waals surface area contributed by atoms with Crippen LogP contribution >= 0.6 is 27.5 Å². The molecule has 0 saturated heterocycles. The number of benzene rings is 1. The Morgan fingerprint density at radius 1 is 1.11 bits per heavy atom. The Balaban J connectivity index is 1.93. The van der Waals surface area contributed by atoms with Crippen LogP contribution in [0.4, 0.5) is 0 Å². The average molecular weight is 466 g/mol. The van der Waals surface area contributed by atoms with Crippen LogP contribution in [0.15, 0.2) is 16.6 Å². The molecule has 0 aliphatic carbocycles. The average Bonchev–Trinajstić information content (AvgIpc) is 2.89. The fourth-order valence-electron chi connectivity index (χ4n) is 4.45. The molecule has 1 amide bonds. The zero-order valence-corrected chi connectivity index (χ0v) is 19.2. The third-order valence-electron chi connectivity index (χ3n) is 5.85. The van der Waals surface area contributed by atoms with E-state index < -0.39 is 0 Å². The molecule has 0 bridgehead atoms. The molecule has 0 spiro atoms. The Kier molecular flexibility index (Phi) is 5.03. The number of aryl methyl sites for hydroxylation is 1. The van der Waals surface area contributed by atoms with Gasteiger partial charge >= 0.3 is 0 Å². The van der Waals surface area contributed by atoms with Crippen LogP contribution in [0.3, 0.4) is 0 Å². The first-order valence-electron chi connectivity index (χ1n) is 9.83. The van der Waals surface area contributed by atoms with Gasteiger partial charge in [-0.25, -0.2) is 0 Å². The number of hydrogen-bond acceptors (Lipinski definition) is 2. The number of aromatic nitrogens is 1. The number of carbonyl (C=O) groups excluding carboxylic acids is 1. The lowest BCUT2D eigenvalue weighted by Crippen LogP contribution is -2.47. The van der Waals surface area contributed by atoms with Gasteiger partial charge in [0.15, 0.2) is 0 Å². The largest absolute Gasteiger partial charge is 0.496 e. The van der Waals surface area contributed by atoms with Gasteiger partial charge in [0.05, 0.1) is 22.3 Å². The lowest BCUT2D eigenvalue weighted by molar-refractivity contribution is 0.0558. The number of amides is 1. The van der Waals surface area contributed by atoms with E-state index in [1.165, 1.54) is 5.56 Å². The highest BCUT2D eigenvalue weighted by atomic mass is 79.9. The predicted molar refractivity (Wildman–Crippen MR) is 117 cm³/mol. The highest BCUT2D eigenvalue weighted by Gasteiger charge is 2.36. The van der Waals surface area contributed by atoms with Crippen molar-refractivity contribution < 1.29 is 9.53 Å². The molecule has 0 radical (unpaired) electrons. The Morgan fingerprint density at radius 2 is 1.86 bits per heavy atom. The first-order valence-corrected chi connectivity index (χ1v) is 11.0. The Bertz CT molecular complexity index is 959. The molecule has 0 saturated carbocycles. The van der Waals surface area contributed by atoms with Gasteiger partial charge in [0.25, 0.3) is 5.91 Å². The molecule has 0 N–H and O–H groups in total. The summed E-state index contributed by atoms with van der Waals surface area (Å²) in [5, 5.41) is 0.733. The minimum atomic E-state index is -0.216. The molecule has 1 aromatic carbocycles. The van der Waals surface area contributed by atoms with Gasteiger partial charge in [-0.15, -0.1) is 0 Å². The van der Waals surface area contributed by atoms with E-state index >= 15 is 0 Å². The van der Waals surface area contributed by atoms with Crippen molar-refractivity contribution in [2.45, 2.75) is 58.5 Å². The van der Waals surface area contributed by atoms with Crippen molar-refractivity contribution in [1.29, 1.82) is 0 Å². The molecule has 0 fully saturated rings. The van der Waals surface area contributed by atoms with Crippen LogP contribution in [0.25, 0.3) is 11.3 Å². The molecule has 0 atom stereocenters. The number of ether oxygens (including phenoxy) is 1. The van der Waals surface area contributed by atoms with Crippen LogP contribution in [0, 0.1) is 0 Å². The van der Waals surface area contributed by atoms with Crippen molar-refractivity contribution in [3.63, 3.8) is 0 Å². The fraction of sp³-hybridized carbons (Fsp3) is 0.500. The van der Waals surface area contributed by atoms with Crippen LogP contribution in [0.2, 0.25) is 5.02 Å². The SMILES string of the molecule is COc1cc2c(cc1Br)-c1c(Cl)c3c(n1CC2)C(=O)N(C(C)(C)C)CCCC3. The molecular formula is C22H26BrClN2O2. The van der Waals surface area contributed by atoms with Gasteiger partial charge in [0.2, 0.25) is 0 Å². The molecule has 28 heavy (non-hydrogen) atoms. The van der Waals surface area contributed by atoms with Crippen molar-refractivity contribution in [1.82, 2.24) is 9.47 Å². The summed E-state index contributed by atoms with van der Waals surface area (Å²) in [6.07, 6.45) is 3.74. The van der Waals surface area contributed by atoms with E-state index in [0.29, 0.717) is 0 Å². The second kappa shape index (κ2) is 7.10. The summed E-state index contributed by atoms with van der Waals surface area (Å²) in [4.78, 5) is 15.6. The minimum Gasteiger partial charge on any atom is -0.496 e. The third-order valence-corrected chi connectivity index (χ3v) is 6.88. The van der Waals surface area contributed by atoms with Crippen molar-refractivity contribution in [3.05, 3.63) is 38.4 Å². The second-order valence-electron chi connectivity index (χ2n) is 8.62. The molecule has 2 aromatic rings. The number of nitrogens with zero attached hydrogens (tertiary/aromatic N) is 2. The molecule has 4 nitrogen and oxygen atoms in total. The van der Waals surface area contributed by atoms with E-state index in [9.17, 15) is 4.79 Å². The zero-order valence-electron chi connectivity index (χ0n) is 16.9. The van der Waals surface area contributed by atoms with Crippen LogP contribution in [-0.2, 0) is 19.4 Å². The Hall–Kier alpha value is -1.46. The molecule has 6 heteroatoms. The summed E-state index contributed by atoms with van der Waals surface area (Å²) in [6, 6.07) is 4.15. The zero-order chi connectivity index (χ0) is 20.2. The number of methoxy groups -OCH3 is 1. The molecule has 2 aliphatic rings. The molecule has 3 heterocycles. The van der Waals surface area contributed by atoms with Gasteiger partial charge in [-0.1, -0.05) is 11.6 Å². The van der Waals surface area contributed by atoms with Crippen LogP contribution < -0.4 is 4.74 Å². The van der Waals surface area contributed by atoms with Crippen LogP contribution in [0.1, 0.15) is 55.2 Å². The summed E-state index contributed by atoms with van der Waals surface area (Å²) < 4.78 is 8.52. The van der Waals surface area contributed by atoms with Gasteiger partial charge in [0.1, 0.15) is 11.4 Å². The van der Waals surface area contributed by atoms with Gasteiger partial charge in [-0.2, -0.15) is 0 Å². The summed E-state index contributed by atoms with van der Waals surface area (Å²) in [6.45, 7) is 7.86. The molecule has 1 aromatic heterocycles. The first kappa shape index (κ1) is 19.8. The highest BCUT2D eigenvalue weighted by Crippen LogP contribution is 2.45. The summed E-state index contributed by atoms with van der Waals surface area (Å²) >= 11 is 10.5. The van der Waals surface area contributed by atoms with Crippen molar-refractivity contribution in [3.8, 4) is 17.0 Å². The number of carbonyl (C=O) groups is 1. The number of fused-ring (bicyclic) bond motifs is 5. The molecular weight excluding hydrogens is 440 g/mol. The lowest BCUT2D eigenvalue weighted by atomic mass is 9.97. The highest BCUT2D eigenvalue weighted by molar-refractivity contribution is 9.10. The smallest absolute Gasteiger partial charge is 0.271 e. The van der Waals surface area contributed by atoms with E-state index in [0.717, 1.165) is 76.5 Å². The standard InChI is InChI=1S/C22H26BrClN2O2/c1-22(2,3)26-9-6-5-7-14-18(24)19-15-12-16(23)17(28-4)11-13(15)8-10-25(19)20(14)21(26)27/h11-12H,5-10H2,1-4H3. The Morgan fingerprint density at radius 3 is 2.54 bits per heavy atom. The van der Waals surface area contributed by atoms with Crippen molar-refractivity contribution in [2.24, 2.45) is 0 Å². The molecule has 150 valence electrons. The quantitative estimate of drug-likeness (QED) is 0.540. The van der Waals surface area contributed by atoms with Crippen LogP contribution in [0.5, 0.6) is 5.75 Å². The fourth-order valence-corrected chi connectivity index (χ4v) is 5.35. The van der Waals surface area contributed by atoms with Crippen LogP contribution in [-0.4, -0.2) is 34.6 Å².